The van der Waals surface area contributed by atoms with Crippen molar-refractivity contribution in [1.82, 2.24) is 4.98 Å². The van der Waals surface area contributed by atoms with Crippen LogP contribution < -0.4 is 5.32 Å². The summed E-state index contributed by atoms with van der Waals surface area (Å²) in [5.74, 6) is -1.28. The Morgan fingerprint density at radius 3 is 2.82 bits per heavy atom. The van der Waals surface area contributed by atoms with Crippen molar-refractivity contribution in [2.45, 2.75) is 19.8 Å². The van der Waals surface area contributed by atoms with Gasteiger partial charge in [0.05, 0.1) is 10.2 Å². The summed E-state index contributed by atoms with van der Waals surface area (Å²) in [6.45, 7) is 1.73. The van der Waals surface area contributed by atoms with Gasteiger partial charge in [-0.2, -0.15) is 0 Å². The van der Waals surface area contributed by atoms with Crippen molar-refractivity contribution in [3.63, 3.8) is 0 Å². The molecule has 0 saturated heterocycles. The van der Waals surface area contributed by atoms with E-state index in [1.54, 1.807) is 25.4 Å². The maximum atomic E-state index is 11.6. The highest BCUT2D eigenvalue weighted by molar-refractivity contribution is 9.10. The Bertz CT molecular complexity index is 423. The van der Waals surface area contributed by atoms with Gasteiger partial charge in [-0.15, -0.1) is 0 Å². The molecule has 0 aliphatic carbocycles. The lowest BCUT2D eigenvalue weighted by molar-refractivity contribution is -0.138. The number of carboxylic acids is 1. The Labute approximate surface area is 107 Å². The number of carbonyl (C=O) groups is 2. The van der Waals surface area contributed by atoms with E-state index in [9.17, 15) is 9.59 Å². The molecule has 1 unspecified atom stereocenters. The van der Waals surface area contributed by atoms with Crippen molar-refractivity contribution in [3.05, 3.63) is 22.9 Å². The summed E-state index contributed by atoms with van der Waals surface area (Å²) in [7, 11) is 0. The van der Waals surface area contributed by atoms with Crippen LogP contribution in [-0.4, -0.2) is 22.0 Å². The second-order valence-electron chi connectivity index (χ2n) is 3.81. The molecule has 1 atom stereocenters. The first kappa shape index (κ1) is 13.6. The highest BCUT2D eigenvalue weighted by atomic mass is 79.9. The molecule has 5 nitrogen and oxygen atoms in total. The minimum absolute atomic E-state index is 0.00899. The molecule has 17 heavy (non-hydrogen) atoms. The molecular formula is C11H13BrN2O3. The van der Waals surface area contributed by atoms with Crippen LogP contribution in [0.2, 0.25) is 0 Å². The van der Waals surface area contributed by atoms with Crippen molar-refractivity contribution in [2.75, 3.05) is 5.32 Å². The van der Waals surface area contributed by atoms with E-state index in [1.165, 1.54) is 0 Å². The van der Waals surface area contributed by atoms with Gasteiger partial charge in [0.15, 0.2) is 0 Å². The second kappa shape index (κ2) is 6.34. The second-order valence-corrected chi connectivity index (χ2v) is 4.67. The molecule has 0 aliphatic heterocycles. The average Bonchev–Trinajstić information content (AvgIpc) is 2.19. The summed E-state index contributed by atoms with van der Waals surface area (Å²) in [4.78, 5) is 25.9. The Balaban J connectivity index is 2.50. The number of anilines is 1. The topological polar surface area (TPSA) is 79.3 Å². The molecule has 0 bridgehead atoms. The predicted octanol–water partition coefficient (Wildman–Crippen LogP) is 2.28. The van der Waals surface area contributed by atoms with E-state index in [0.717, 1.165) is 0 Å². The third-order valence-electron chi connectivity index (χ3n) is 2.10. The standard InChI is InChI=1S/C11H13BrN2O3/c1-7(5-11(16)17)4-10(15)14-9-2-3-13-6-8(9)12/h2-3,6-7H,4-5H2,1H3,(H,16,17)(H,13,14,15). The van der Waals surface area contributed by atoms with E-state index in [0.29, 0.717) is 10.2 Å². The maximum Gasteiger partial charge on any atom is 0.303 e. The molecule has 0 spiro atoms. The Morgan fingerprint density at radius 2 is 2.24 bits per heavy atom. The minimum atomic E-state index is -0.893. The molecule has 1 aromatic heterocycles. The van der Waals surface area contributed by atoms with Gasteiger partial charge in [0.2, 0.25) is 5.91 Å². The predicted molar refractivity (Wildman–Crippen MR) is 66.6 cm³/mol. The lowest BCUT2D eigenvalue weighted by atomic mass is 10.0. The lowest BCUT2D eigenvalue weighted by Crippen LogP contribution is -2.17. The summed E-state index contributed by atoms with van der Waals surface area (Å²) < 4.78 is 0.694. The number of halogens is 1. The van der Waals surface area contributed by atoms with E-state index >= 15 is 0 Å². The molecule has 1 heterocycles. The van der Waals surface area contributed by atoms with Crippen LogP contribution in [0.25, 0.3) is 0 Å². The number of amides is 1. The average molecular weight is 301 g/mol. The summed E-state index contributed by atoms with van der Waals surface area (Å²) in [5, 5.41) is 11.3. The van der Waals surface area contributed by atoms with Crippen LogP contribution in [0.5, 0.6) is 0 Å². The van der Waals surface area contributed by atoms with Gasteiger partial charge in [0, 0.05) is 25.2 Å². The Kier molecular flexibility index (Phi) is 5.09. The van der Waals surface area contributed by atoms with Crippen LogP contribution in [0.4, 0.5) is 5.69 Å². The molecule has 0 aromatic carbocycles. The number of carboxylic acid groups (broad SMARTS) is 1. The molecule has 1 rings (SSSR count). The lowest BCUT2D eigenvalue weighted by Gasteiger charge is -2.10. The first-order valence-electron chi connectivity index (χ1n) is 5.10. The van der Waals surface area contributed by atoms with Crippen molar-refractivity contribution in [3.8, 4) is 0 Å². The molecule has 1 amide bonds. The van der Waals surface area contributed by atoms with Crippen LogP contribution in [0.15, 0.2) is 22.9 Å². The van der Waals surface area contributed by atoms with Crippen LogP contribution >= 0.6 is 15.9 Å². The van der Waals surface area contributed by atoms with Gasteiger partial charge in [-0.3, -0.25) is 14.6 Å². The van der Waals surface area contributed by atoms with Crippen molar-refractivity contribution >= 4 is 33.5 Å². The molecule has 92 valence electrons. The van der Waals surface area contributed by atoms with E-state index < -0.39 is 5.97 Å². The van der Waals surface area contributed by atoms with Gasteiger partial charge < -0.3 is 10.4 Å². The molecule has 0 radical (unpaired) electrons. The summed E-state index contributed by atoms with van der Waals surface area (Å²) in [6.07, 6.45) is 3.32. The smallest absolute Gasteiger partial charge is 0.303 e. The monoisotopic (exact) mass is 300 g/mol. The van der Waals surface area contributed by atoms with E-state index in [1.807, 2.05) is 0 Å². The minimum Gasteiger partial charge on any atom is -0.481 e. The van der Waals surface area contributed by atoms with Gasteiger partial charge in [0.1, 0.15) is 0 Å². The Morgan fingerprint density at radius 1 is 1.53 bits per heavy atom. The van der Waals surface area contributed by atoms with Crippen molar-refractivity contribution in [1.29, 1.82) is 0 Å². The zero-order chi connectivity index (χ0) is 12.8. The van der Waals surface area contributed by atoms with E-state index in [4.69, 9.17) is 5.11 Å². The summed E-state index contributed by atoms with van der Waals surface area (Å²) >= 11 is 3.26. The summed E-state index contributed by atoms with van der Waals surface area (Å²) in [5.41, 5.74) is 0.632. The third kappa shape index (κ3) is 4.95. The summed E-state index contributed by atoms with van der Waals surface area (Å²) in [6, 6.07) is 1.67. The van der Waals surface area contributed by atoms with Crippen LogP contribution in [0, 0.1) is 5.92 Å². The molecule has 1 aromatic rings. The number of carbonyl (C=O) groups excluding carboxylic acids is 1. The first-order valence-corrected chi connectivity index (χ1v) is 5.89. The number of hydrogen-bond donors (Lipinski definition) is 2. The largest absolute Gasteiger partial charge is 0.481 e. The fourth-order valence-corrected chi connectivity index (χ4v) is 1.71. The third-order valence-corrected chi connectivity index (χ3v) is 2.74. The van der Waals surface area contributed by atoms with Crippen molar-refractivity contribution in [2.24, 2.45) is 5.92 Å². The number of pyridine rings is 1. The van der Waals surface area contributed by atoms with Gasteiger partial charge >= 0.3 is 5.97 Å². The van der Waals surface area contributed by atoms with Crippen LogP contribution in [-0.2, 0) is 9.59 Å². The zero-order valence-electron chi connectivity index (χ0n) is 9.31. The number of aromatic nitrogens is 1. The van der Waals surface area contributed by atoms with Gasteiger partial charge in [0.25, 0.3) is 0 Å². The molecule has 0 aliphatic rings. The first-order chi connectivity index (χ1) is 7.99. The van der Waals surface area contributed by atoms with Crippen LogP contribution in [0.3, 0.4) is 0 Å². The molecule has 2 N–H and O–H groups in total. The Hall–Kier alpha value is -1.43. The zero-order valence-corrected chi connectivity index (χ0v) is 10.9. The number of aliphatic carboxylic acids is 1. The van der Waals surface area contributed by atoms with Gasteiger partial charge in [-0.05, 0) is 27.9 Å². The molecule has 0 saturated carbocycles. The number of nitrogens with zero attached hydrogens (tertiary/aromatic N) is 1. The van der Waals surface area contributed by atoms with Gasteiger partial charge in [-0.1, -0.05) is 6.92 Å². The van der Waals surface area contributed by atoms with Crippen molar-refractivity contribution < 1.29 is 14.7 Å². The molecular weight excluding hydrogens is 288 g/mol. The highest BCUT2D eigenvalue weighted by Crippen LogP contribution is 2.20. The fourth-order valence-electron chi connectivity index (χ4n) is 1.36. The highest BCUT2D eigenvalue weighted by Gasteiger charge is 2.13. The normalized spacial score (nSPS) is 11.9. The molecule has 6 heteroatoms. The number of nitrogens with one attached hydrogen (secondary N) is 1. The maximum absolute atomic E-state index is 11.6. The van der Waals surface area contributed by atoms with E-state index in [-0.39, 0.29) is 24.7 Å². The van der Waals surface area contributed by atoms with E-state index in [2.05, 4.69) is 26.2 Å². The number of hydrogen-bond acceptors (Lipinski definition) is 3. The SMILES string of the molecule is CC(CC(=O)O)CC(=O)Nc1ccncc1Br. The number of rotatable bonds is 5. The van der Waals surface area contributed by atoms with Gasteiger partial charge in [-0.25, -0.2) is 0 Å². The molecule has 0 fully saturated rings. The quantitative estimate of drug-likeness (QED) is 0.874. The van der Waals surface area contributed by atoms with Crippen LogP contribution in [0.1, 0.15) is 19.8 Å². The fraction of sp³-hybridized carbons (Fsp3) is 0.364.